The molecule has 2 nitrogen and oxygen atoms in total. The quantitative estimate of drug-likeness (QED) is 0.758. The van der Waals surface area contributed by atoms with Crippen LogP contribution in [0, 0.1) is 11.8 Å². The van der Waals surface area contributed by atoms with E-state index in [9.17, 15) is 0 Å². The summed E-state index contributed by atoms with van der Waals surface area (Å²) in [5, 5.41) is 0. The van der Waals surface area contributed by atoms with E-state index in [0.717, 1.165) is 11.8 Å². The Morgan fingerprint density at radius 1 is 1.40 bits per heavy atom. The topological polar surface area (TPSA) is 29.3 Å². The Balaban J connectivity index is 2.20. The Morgan fingerprint density at radius 3 is 2.73 bits per heavy atom. The number of nitrogens with zero attached hydrogens (tertiary/aromatic N) is 1. The smallest absolute Gasteiger partial charge is 0.00914 e. The Bertz CT molecular complexity index is 168. The van der Waals surface area contributed by atoms with Crippen LogP contribution in [-0.4, -0.2) is 30.6 Å². The molecule has 1 rings (SSSR count). The van der Waals surface area contributed by atoms with Crippen LogP contribution in [0.25, 0.3) is 0 Å². The fraction of sp³-hybridized carbons (Fsp3) is 1.00. The molecule has 0 saturated carbocycles. The number of piperidine rings is 1. The lowest BCUT2D eigenvalue weighted by Gasteiger charge is -2.36. The fourth-order valence-electron chi connectivity index (χ4n) is 2.48. The van der Waals surface area contributed by atoms with Crippen LogP contribution in [0.1, 0.15) is 46.5 Å². The minimum atomic E-state index is 0.455. The molecule has 2 N–H and O–H groups in total. The van der Waals surface area contributed by atoms with Crippen molar-refractivity contribution >= 4 is 0 Å². The molecule has 0 radical (unpaired) electrons. The van der Waals surface area contributed by atoms with Crippen LogP contribution in [-0.2, 0) is 0 Å². The summed E-state index contributed by atoms with van der Waals surface area (Å²) in [6.45, 7) is 10.6. The lowest BCUT2D eigenvalue weighted by molar-refractivity contribution is 0.148. The van der Waals surface area contributed by atoms with Gasteiger partial charge in [0.2, 0.25) is 0 Å². The highest BCUT2D eigenvalue weighted by Crippen LogP contribution is 2.19. The van der Waals surface area contributed by atoms with Crippen LogP contribution in [0.2, 0.25) is 0 Å². The third-order valence-electron chi connectivity index (χ3n) is 3.66. The second-order valence-electron chi connectivity index (χ2n) is 5.46. The molecular formula is C13H28N2. The molecule has 1 fully saturated rings. The largest absolute Gasteiger partial charge is 0.327 e. The molecule has 15 heavy (non-hydrogen) atoms. The second kappa shape index (κ2) is 6.49. The molecule has 90 valence electrons. The average molecular weight is 212 g/mol. The number of hydrogen-bond acceptors (Lipinski definition) is 2. The Kier molecular flexibility index (Phi) is 5.62. The van der Waals surface area contributed by atoms with E-state index < -0.39 is 0 Å². The first-order chi connectivity index (χ1) is 7.13. The fourth-order valence-corrected chi connectivity index (χ4v) is 2.48. The molecule has 0 aromatic carbocycles. The van der Waals surface area contributed by atoms with Crippen molar-refractivity contribution in [1.82, 2.24) is 4.90 Å². The van der Waals surface area contributed by atoms with Gasteiger partial charge < -0.3 is 10.6 Å². The van der Waals surface area contributed by atoms with E-state index in [1.807, 2.05) is 0 Å². The summed E-state index contributed by atoms with van der Waals surface area (Å²) in [5.41, 5.74) is 6.10. The van der Waals surface area contributed by atoms with Gasteiger partial charge >= 0.3 is 0 Å². The van der Waals surface area contributed by atoms with Crippen molar-refractivity contribution in [3.05, 3.63) is 0 Å². The van der Waals surface area contributed by atoms with E-state index in [1.54, 1.807) is 0 Å². The number of likely N-dealkylation sites (tertiary alicyclic amines) is 1. The molecule has 1 aliphatic heterocycles. The van der Waals surface area contributed by atoms with Crippen LogP contribution in [0.3, 0.4) is 0 Å². The summed E-state index contributed by atoms with van der Waals surface area (Å²) in [6, 6.07) is 0.455. The highest BCUT2D eigenvalue weighted by Gasteiger charge is 2.24. The predicted molar refractivity (Wildman–Crippen MR) is 66.9 cm³/mol. The van der Waals surface area contributed by atoms with E-state index >= 15 is 0 Å². The van der Waals surface area contributed by atoms with Gasteiger partial charge in [0.05, 0.1) is 0 Å². The van der Waals surface area contributed by atoms with Crippen molar-refractivity contribution in [2.75, 3.05) is 19.6 Å². The van der Waals surface area contributed by atoms with Gasteiger partial charge in [-0.05, 0) is 44.2 Å². The molecule has 0 aromatic heterocycles. The predicted octanol–water partition coefficient (Wildman–Crippen LogP) is 2.48. The molecule has 2 heteroatoms. The first-order valence-corrected chi connectivity index (χ1v) is 6.61. The summed E-state index contributed by atoms with van der Waals surface area (Å²) < 4.78 is 0. The third-order valence-corrected chi connectivity index (χ3v) is 3.66. The molecule has 0 bridgehead atoms. The van der Waals surface area contributed by atoms with Gasteiger partial charge in [0, 0.05) is 12.6 Å². The van der Waals surface area contributed by atoms with Gasteiger partial charge in [-0.3, -0.25) is 0 Å². The molecule has 1 saturated heterocycles. The zero-order valence-corrected chi connectivity index (χ0v) is 10.7. The Hall–Kier alpha value is -0.0800. The summed E-state index contributed by atoms with van der Waals surface area (Å²) in [4.78, 5) is 2.61. The lowest BCUT2D eigenvalue weighted by atomic mass is 9.90. The molecular weight excluding hydrogens is 184 g/mol. The van der Waals surface area contributed by atoms with Crippen LogP contribution in [0.4, 0.5) is 0 Å². The zero-order valence-electron chi connectivity index (χ0n) is 10.7. The molecule has 0 amide bonds. The van der Waals surface area contributed by atoms with E-state index in [0.29, 0.717) is 6.04 Å². The van der Waals surface area contributed by atoms with Crippen molar-refractivity contribution in [2.24, 2.45) is 17.6 Å². The molecule has 2 atom stereocenters. The van der Waals surface area contributed by atoms with E-state index in [4.69, 9.17) is 5.73 Å². The molecule has 0 spiro atoms. The first kappa shape index (κ1) is 13.0. The first-order valence-electron chi connectivity index (χ1n) is 6.61. The molecule has 1 heterocycles. The van der Waals surface area contributed by atoms with Crippen molar-refractivity contribution in [1.29, 1.82) is 0 Å². The monoisotopic (exact) mass is 212 g/mol. The third kappa shape index (κ3) is 4.52. The van der Waals surface area contributed by atoms with Gasteiger partial charge in [0.25, 0.3) is 0 Å². The standard InChI is InChI=1S/C13H28N2/c1-4-12-10-15(9-7-13(12)14)8-5-6-11(2)3/h11-13H,4-10,14H2,1-3H3. The second-order valence-corrected chi connectivity index (χ2v) is 5.46. The normalized spacial score (nSPS) is 28.6. The molecule has 1 aliphatic rings. The molecule has 0 aromatic rings. The minimum Gasteiger partial charge on any atom is -0.327 e. The Morgan fingerprint density at radius 2 is 2.13 bits per heavy atom. The summed E-state index contributed by atoms with van der Waals surface area (Å²) in [7, 11) is 0. The highest BCUT2D eigenvalue weighted by atomic mass is 15.1. The van der Waals surface area contributed by atoms with Crippen molar-refractivity contribution < 1.29 is 0 Å². The number of nitrogens with two attached hydrogens (primary N) is 1. The van der Waals surface area contributed by atoms with Crippen molar-refractivity contribution in [2.45, 2.75) is 52.5 Å². The summed E-state index contributed by atoms with van der Waals surface area (Å²) in [5.74, 6) is 1.58. The van der Waals surface area contributed by atoms with Gasteiger partial charge in [-0.1, -0.05) is 27.2 Å². The maximum absolute atomic E-state index is 6.10. The van der Waals surface area contributed by atoms with Crippen LogP contribution in [0.15, 0.2) is 0 Å². The number of rotatable bonds is 5. The highest BCUT2D eigenvalue weighted by molar-refractivity contribution is 4.81. The van der Waals surface area contributed by atoms with Crippen molar-refractivity contribution in [3.63, 3.8) is 0 Å². The SMILES string of the molecule is CCC1CN(CCCC(C)C)CCC1N. The van der Waals surface area contributed by atoms with E-state index in [2.05, 4.69) is 25.7 Å². The van der Waals surface area contributed by atoms with Gasteiger partial charge in [-0.25, -0.2) is 0 Å². The van der Waals surface area contributed by atoms with Gasteiger partial charge in [0.15, 0.2) is 0 Å². The maximum atomic E-state index is 6.10. The van der Waals surface area contributed by atoms with Gasteiger partial charge in [-0.2, -0.15) is 0 Å². The zero-order chi connectivity index (χ0) is 11.3. The van der Waals surface area contributed by atoms with Crippen molar-refractivity contribution in [3.8, 4) is 0 Å². The van der Waals surface area contributed by atoms with Crippen LogP contribution < -0.4 is 5.73 Å². The van der Waals surface area contributed by atoms with Crippen LogP contribution in [0.5, 0.6) is 0 Å². The van der Waals surface area contributed by atoms with E-state index in [-0.39, 0.29) is 0 Å². The molecule has 0 aliphatic carbocycles. The van der Waals surface area contributed by atoms with E-state index in [1.165, 1.54) is 45.3 Å². The summed E-state index contributed by atoms with van der Waals surface area (Å²) in [6.07, 6.45) is 5.14. The minimum absolute atomic E-state index is 0.455. The number of hydrogen-bond donors (Lipinski definition) is 1. The Labute approximate surface area is 95.2 Å². The lowest BCUT2D eigenvalue weighted by Crippen LogP contribution is -2.47. The average Bonchev–Trinajstić information content (AvgIpc) is 2.20. The van der Waals surface area contributed by atoms with Crippen LogP contribution >= 0.6 is 0 Å². The van der Waals surface area contributed by atoms with Gasteiger partial charge in [-0.15, -0.1) is 0 Å². The van der Waals surface area contributed by atoms with Gasteiger partial charge in [0.1, 0.15) is 0 Å². The summed E-state index contributed by atoms with van der Waals surface area (Å²) >= 11 is 0. The molecule has 2 unspecified atom stereocenters. The maximum Gasteiger partial charge on any atom is 0.00914 e.